The molecule has 3 rings (SSSR count). The first-order chi connectivity index (χ1) is 17.8. The number of thioether (sulfide) groups is 1. The van der Waals surface area contributed by atoms with Gasteiger partial charge in [-0.2, -0.15) is 13.2 Å². The van der Waals surface area contributed by atoms with Crippen LogP contribution in [0.1, 0.15) is 26.0 Å². The van der Waals surface area contributed by atoms with Gasteiger partial charge in [0.2, 0.25) is 21.8 Å². The smallest absolute Gasteiger partial charge is 0.293 e. The van der Waals surface area contributed by atoms with Crippen LogP contribution in [-0.4, -0.2) is 57.0 Å². The van der Waals surface area contributed by atoms with E-state index in [0.29, 0.717) is 6.07 Å². The van der Waals surface area contributed by atoms with Crippen LogP contribution in [0.3, 0.4) is 0 Å². The van der Waals surface area contributed by atoms with Crippen molar-refractivity contribution in [1.29, 1.82) is 0 Å². The summed E-state index contributed by atoms with van der Waals surface area (Å²) in [6.07, 6.45) is -5.54. The molecule has 1 fully saturated rings. The van der Waals surface area contributed by atoms with Crippen molar-refractivity contribution in [1.82, 2.24) is 18.8 Å². The third-order valence-electron chi connectivity index (χ3n) is 5.47. The highest BCUT2D eigenvalue weighted by molar-refractivity contribution is 8.15. The minimum atomic E-state index is -5.02. The number of sulfonamides is 1. The van der Waals surface area contributed by atoms with Gasteiger partial charge in [0, 0.05) is 26.6 Å². The van der Waals surface area contributed by atoms with Crippen LogP contribution in [0.25, 0.3) is 5.69 Å². The van der Waals surface area contributed by atoms with E-state index >= 15 is 0 Å². The van der Waals surface area contributed by atoms with E-state index in [9.17, 15) is 45.2 Å². The molecule has 1 aliphatic rings. The first kappa shape index (κ1) is 30.4. The molecule has 2 amide bonds. The Bertz CT molecular complexity index is 1620. The molecule has 2 heterocycles. The van der Waals surface area contributed by atoms with Crippen LogP contribution in [0.5, 0.6) is 0 Å². The molecule has 0 spiro atoms. The number of hydrogen-bond donors (Lipinski definition) is 1. The molecule has 0 radical (unpaired) electrons. The summed E-state index contributed by atoms with van der Waals surface area (Å²) in [4.78, 5) is 55.0. The molecular formula is C21H20ClF4N5O6S2. The third-order valence-corrected chi connectivity index (χ3v) is 8.76. The second-order valence-corrected chi connectivity index (χ2v) is 12.3. The minimum absolute atomic E-state index is 0.0448. The van der Waals surface area contributed by atoms with E-state index in [1.165, 1.54) is 20.9 Å². The second kappa shape index (κ2) is 10.8. The average molecular weight is 614 g/mol. The molecule has 1 N–H and O–H groups in total. The molecule has 0 saturated carbocycles. The van der Waals surface area contributed by atoms with E-state index in [2.05, 4.69) is 4.99 Å². The van der Waals surface area contributed by atoms with E-state index in [-0.39, 0.29) is 31.1 Å². The molecule has 18 heteroatoms. The maximum Gasteiger partial charge on any atom is 0.431 e. The first-order valence-electron chi connectivity index (χ1n) is 10.8. The van der Waals surface area contributed by atoms with Gasteiger partial charge in [-0.05, 0) is 26.0 Å². The summed E-state index contributed by atoms with van der Waals surface area (Å²) in [5, 5.41) is -2.33. The normalized spacial score (nSPS) is 17.4. The molecule has 0 bridgehead atoms. The van der Waals surface area contributed by atoms with Crippen LogP contribution in [0, 0.1) is 5.82 Å². The fourth-order valence-electron chi connectivity index (χ4n) is 3.29. The number of carbonyl (C=O) groups is 2. The predicted octanol–water partition coefficient (Wildman–Crippen LogP) is 2.15. The average Bonchev–Trinajstić information content (AvgIpc) is 3.05. The SMILES string of the molecule is CC(C)S(=O)(=O)NC(=O)CC1S/C(=N\c2cc(-n3c(=O)cc(C(F)(F)F)n(C)c3=O)c(F)cc2Cl)N(C)C1=O. The van der Waals surface area contributed by atoms with Crippen molar-refractivity contribution in [2.75, 3.05) is 7.05 Å². The number of nitrogens with zero attached hydrogens (tertiary/aromatic N) is 4. The van der Waals surface area contributed by atoms with Gasteiger partial charge in [-0.1, -0.05) is 23.4 Å². The Morgan fingerprint density at radius 1 is 1.18 bits per heavy atom. The maximum absolute atomic E-state index is 14.8. The van der Waals surface area contributed by atoms with Gasteiger partial charge >= 0.3 is 11.9 Å². The highest BCUT2D eigenvalue weighted by Gasteiger charge is 2.38. The Kier molecular flexibility index (Phi) is 8.38. The third kappa shape index (κ3) is 6.19. The summed E-state index contributed by atoms with van der Waals surface area (Å²) >= 11 is 6.83. The number of hydrogen-bond acceptors (Lipinski definition) is 8. The summed E-state index contributed by atoms with van der Waals surface area (Å²) in [5.41, 5.74) is -5.49. The molecule has 1 aromatic heterocycles. The molecule has 2 aromatic rings. The second-order valence-electron chi connectivity index (χ2n) is 8.52. The Labute approximate surface area is 227 Å². The Balaban J connectivity index is 2.00. The summed E-state index contributed by atoms with van der Waals surface area (Å²) in [6, 6.07) is 1.66. The molecule has 11 nitrogen and oxygen atoms in total. The number of aromatic nitrogens is 2. The van der Waals surface area contributed by atoms with Crippen molar-refractivity contribution >= 4 is 56.1 Å². The van der Waals surface area contributed by atoms with Crippen LogP contribution in [0.4, 0.5) is 23.2 Å². The van der Waals surface area contributed by atoms with E-state index in [1.807, 2.05) is 4.72 Å². The van der Waals surface area contributed by atoms with E-state index in [0.717, 1.165) is 29.8 Å². The van der Waals surface area contributed by atoms with Crippen molar-refractivity contribution in [3.05, 3.63) is 55.6 Å². The molecule has 1 aromatic carbocycles. The minimum Gasteiger partial charge on any atom is -0.293 e. The van der Waals surface area contributed by atoms with Crippen LogP contribution in [0.15, 0.2) is 32.8 Å². The maximum atomic E-state index is 14.8. The van der Waals surface area contributed by atoms with Crippen molar-refractivity contribution in [3.8, 4) is 5.69 Å². The summed E-state index contributed by atoms with van der Waals surface area (Å²) in [7, 11) is -1.87. The van der Waals surface area contributed by atoms with Gasteiger partial charge < -0.3 is 0 Å². The van der Waals surface area contributed by atoms with Crippen LogP contribution >= 0.6 is 23.4 Å². The molecule has 1 atom stereocenters. The number of carbonyl (C=O) groups excluding carboxylic acids is 2. The van der Waals surface area contributed by atoms with Gasteiger partial charge in [-0.3, -0.25) is 28.6 Å². The lowest BCUT2D eigenvalue weighted by atomic mass is 10.2. The number of rotatable bonds is 6. The molecule has 212 valence electrons. The lowest BCUT2D eigenvalue weighted by Gasteiger charge is -2.15. The number of nitrogens with one attached hydrogen (secondary N) is 1. The highest BCUT2D eigenvalue weighted by atomic mass is 35.5. The molecule has 1 aliphatic heterocycles. The van der Waals surface area contributed by atoms with Gasteiger partial charge in [-0.25, -0.2) is 27.2 Å². The van der Waals surface area contributed by atoms with Crippen molar-refractivity contribution < 1.29 is 35.6 Å². The predicted molar refractivity (Wildman–Crippen MR) is 135 cm³/mol. The monoisotopic (exact) mass is 613 g/mol. The first-order valence-corrected chi connectivity index (χ1v) is 13.6. The van der Waals surface area contributed by atoms with Gasteiger partial charge in [0.1, 0.15) is 16.8 Å². The molecular weight excluding hydrogens is 594 g/mol. The van der Waals surface area contributed by atoms with Crippen LogP contribution < -0.4 is 16.0 Å². The summed E-state index contributed by atoms with van der Waals surface area (Å²) in [5.74, 6) is -2.75. The number of amides is 2. The lowest BCUT2D eigenvalue weighted by molar-refractivity contribution is -0.144. The van der Waals surface area contributed by atoms with Gasteiger partial charge in [0.15, 0.2) is 5.17 Å². The topological polar surface area (TPSA) is 140 Å². The quantitative estimate of drug-likeness (QED) is 0.493. The van der Waals surface area contributed by atoms with Crippen molar-refractivity contribution in [2.45, 2.75) is 36.9 Å². The van der Waals surface area contributed by atoms with Gasteiger partial charge in [-0.15, -0.1) is 0 Å². The highest BCUT2D eigenvalue weighted by Crippen LogP contribution is 2.35. The molecule has 39 heavy (non-hydrogen) atoms. The molecule has 1 saturated heterocycles. The summed E-state index contributed by atoms with van der Waals surface area (Å²) in [6.45, 7) is 2.72. The zero-order chi connectivity index (χ0) is 29.6. The van der Waals surface area contributed by atoms with E-state index in [4.69, 9.17) is 11.6 Å². The fraction of sp³-hybridized carbons (Fsp3) is 0.381. The number of benzene rings is 1. The van der Waals surface area contributed by atoms with E-state index < -0.39 is 73.4 Å². The van der Waals surface area contributed by atoms with Gasteiger partial charge in [0.25, 0.3) is 5.56 Å². The van der Waals surface area contributed by atoms with Crippen LogP contribution in [0.2, 0.25) is 5.02 Å². The summed E-state index contributed by atoms with van der Waals surface area (Å²) < 4.78 is 80.2. The Morgan fingerprint density at radius 3 is 2.36 bits per heavy atom. The largest absolute Gasteiger partial charge is 0.431 e. The Morgan fingerprint density at radius 2 is 1.79 bits per heavy atom. The van der Waals surface area contributed by atoms with Crippen molar-refractivity contribution in [3.63, 3.8) is 0 Å². The van der Waals surface area contributed by atoms with Crippen molar-refractivity contribution in [2.24, 2.45) is 12.0 Å². The standard InChI is InChI=1S/C21H20ClF4N5O6S2/c1-9(2)39(36,37)28-16(32)7-14-18(34)30(4)19(38-14)27-12-6-13(11(23)5-10(12)22)31-17(33)8-15(21(24,25)26)29(3)20(31)35/h5-6,8-9,14H,7H2,1-4H3,(H,28,32)/b27-19-. The number of halogens is 5. The number of alkyl halides is 3. The molecule has 1 unspecified atom stereocenters. The number of amidine groups is 1. The van der Waals surface area contributed by atoms with Crippen LogP contribution in [-0.2, 0) is 32.8 Å². The zero-order valence-electron chi connectivity index (χ0n) is 20.5. The molecule has 0 aliphatic carbocycles. The fourth-order valence-corrected chi connectivity index (χ4v) is 5.27. The van der Waals surface area contributed by atoms with E-state index in [1.54, 1.807) is 0 Å². The zero-order valence-corrected chi connectivity index (χ0v) is 22.9. The van der Waals surface area contributed by atoms with Gasteiger partial charge in [0.05, 0.1) is 21.6 Å². The number of aliphatic imine (C=N–C) groups is 1. The Hall–Kier alpha value is -3.18. The lowest BCUT2D eigenvalue weighted by Crippen LogP contribution is -2.41.